The van der Waals surface area contributed by atoms with Crippen LogP contribution in [0.5, 0.6) is 11.5 Å². The molecule has 19 heavy (non-hydrogen) atoms. The van der Waals surface area contributed by atoms with E-state index in [-0.39, 0.29) is 12.5 Å². The monoisotopic (exact) mass is 265 g/mol. The van der Waals surface area contributed by atoms with Crippen molar-refractivity contribution in [3.63, 3.8) is 0 Å². The van der Waals surface area contributed by atoms with Crippen molar-refractivity contribution in [3.05, 3.63) is 23.8 Å². The highest BCUT2D eigenvalue weighted by atomic mass is 16.5. The van der Waals surface area contributed by atoms with Crippen LogP contribution in [0.15, 0.2) is 18.2 Å². The molecule has 1 aliphatic carbocycles. The van der Waals surface area contributed by atoms with Gasteiger partial charge in [0.15, 0.2) is 11.5 Å². The Labute approximate surface area is 112 Å². The van der Waals surface area contributed by atoms with Gasteiger partial charge in [0, 0.05) is 6.54 Å². The van der Waals surface area contributed by atoms with Crippen LogP contribution in [0.1, 0.15) is 18.4 Å². The molecule has 1 amide bonds. The van der Waals surface area contributed by atoms with E-state index in [1.54, 1.807) is 20.3 Å². The predicted octanol–water partition coefficient (Wildman–Crippen LogP) is 1.09. The molecule has 1 saturated carbocycles. The third-order valence-electron chi connectivity index (χ3n) is 3.54. The van der Waals surface area contributed by atoms with Crippen molar-refractivity contribution < 1.29 is 19.4 Å². The molecule has 0 heterocycles. The van der Waals surface area contributed by atoms with Crippen molar-refractivity contribution in [1.82, 2.24) is 5.32 Å². The maximum absolute atomic E-state index is 11.9. The van der Waals surface area contributed by atoms with Crippen molar-refractivity contribution in [3.8, 4) is 11.5 Å². The number of benzene rings is 1. The summed E-state index contributed by atoms with van der Waals surface area (Å²) in [5.41, 5.74) is 0.399. The minimum absolute atomic E-state index is 0.0786. The quantitative estimate of drug-likeness (QED) is 0.808. The average molecular weight is 265 g/mol. The summed E-state index contributed by atoms with van der Waals surface area (Å²) < 4.78 is 10.4. The molecular formula is C14H19NO4. The molecule has 104 valence electrons. The molecule has 0 bridgehead atoms. The number of aliphatic hydroxyl groups excluding tert-OH is 1. The van der Waals surface area contributed by atoms with Crippen LogP contribution in [0, 0.1) is 5.41 Å². The van der Waals surface area contributed by atoms with Crippen LogP contribution in [0.25, 0.3) is 0 Å². The van der Waals surface area contributed by atoms with E-state index in [0.717, 1.165) is 18.4 Å². The Kier molecular flexibility index (Phi) is 3.95. The number of carbonyl (C=O) groups excluding carboxylic acids is 1. The van der Waals surface area contributed by atoms with Gasteiger partial charge in [-0.15, -0.1) is 0 Å². The second-order valence-electron chi connectivity index (χ2n) is 4.81. The van der Waals surface area contributed by atoms with Crippen LogP contribution in [0.3, 0.4) is 0 Å². The molecular weight excluding hydrogens is 246 g/mol. The van der Waals surface area contributed by atoms with Gasteiger partial charge in [0.1, 0.15) is 0 Å². The molecule has 1 aromatic rings. The van der Waals surface area contributed by atoms with E-state index in [1.165, 1.54) is 0 Å². The lowest BCUT2D eigenvalue weighted by Gasteiger charge is -2.13. The first-order chi connectivity index (χ1) is 9.15. The smallest absolute Gasteiger partial charge is 0.228 e. The maximum Gasteiger partial charge on any atom is 0.228 e. The Bertz CT molecular complexity index is 469. The molecule has 1 aliphatic rings. The summed E-state index contributed by atoms with van der Waals surface area (Å²) in [7, 11) is 3.16. The molecule has 0 unspecified atom stereocenters. The Morgan fingerprint density at radius 2 is 2.00 bits per heavy atom. The summed E-state index contributed by atoms with van der Waals surface area (Å²) in [5.74, 6) is 1.22. The van der Waals surface area contributed by atoms with Gasteiger partial charge in [0.2, 0.25) is 5.91 Å². The van der Waals surface area contributed by atoms with Gasteiger partial charge >= 0.3 is 0 Å². The van der Waals surface area contributed by atoms with E-state index in [0.29, 0.717) is 18.0 Å². The van der Waals surface area contributed by atoms with Crippen LogP contribution < -0.4 is 14.8 Å². The Hall–Kier alpha value is -1.75. The molecule has 2 N–H and O–H groups in total. The minimum atomic E-state index is -0.531. The summed E-state index contributed by atoms with van der Waals surface area (Å²) in [5, 5.41) is 12.0. The van der Waals surface area contributed by atoms with E-state index in [9.17, 15) is 9.90 Å². The SMILES string of the molecule is COc1ccc(CNC(=O)C2(CO)CC2)cc1OC. The molecule has 0 spiro atoms. The summed E-state index contributed by atoms with van der Waals surface area (Å²) in [4.78, 5) is 11.9. The third-order valence-corrected chi connectivity index (χ3v) is 3.54. The number of nitrogens with one attached hydrogen (secondary N) is 1. The molecule has 0 aliphatic heterocycles. The fraction of sp³-hybridized carbons (Fsp3) is 0.500. The van der Waals surface area contributed by atoms with E-state index < -0.39 is 5.41 Å². The van der Waals surface area contributed by atoms with Gasteiger partial charge in [0.05, 0.1) is 26.2 Å². The van der Waals surface area contributed by atoms with Gasteiger partial charge in [-0.2, -0.15) is 0 Å². The first kappa shape index (κ1) is 13.7. The van der Waals surface area contributed by atoms with Crippen LogP contribution in [0.2, 0.25) is 0 Å². The molecule has 1 fully saturated rings. The summed E-state index contributed by atoms with van der Waals surface area (Å²) >= 11 is 0. The number of hydrogen-bond donors (Lipinski definition) is 2. The summed E-state index contributed by atoms with van der Waals surface area (Å²) in [6.07, 6.45) is 1.53. The number of hydrogen-bond acceptors (Lipinski definition) is 4. The topological polar surface area (TPSA) is 67.8 Å². The fourth-order valence-electron chi connectivity index (χ4n) is 1.97. The molecule has 0 saturated heterocycles. The first-order valence-electron chi connectivity index (χ1n) is 6.25. The Morgan fingerprint density at radius 3 is 2.53 bits per heavy atom. The van der Waals surface area contributed by atoms with Crippen LogP contribution >= 0.6 is 0 Å². The molecule has 5 heteroatoms. The standard InChI is InChI=1S/C14H19NO4/c1-18-11-4-3-10(7-12(11)19-2)8-15-13(17)14(9-16)5-6-14/h3-4,7,16H,5-6,8-9H2,1-2H3,(H,15,17). The number of aliphatic hydroxyl groups is 1. The molecule has 2 rings (SSSR count). The fourth-order valence-corrected chi connectivity index (χ4v) is 1.97. The molecule has 0 aromatic heterocycles. The van der Waals surface area contributed by atoms with E-state index in [2.05, 4.69) is 5.32 Å². The second kappa shape index (κ2) is 5.48. The Morgan fingerprint density at radius 1 is 1.32 bits per heavy atom. The third kappa shape index (κ3) is 2.81. The van der Waals surface area contributed by atoms with Crippen molar-refractivity contribution in [2.45, 2.75) is 19.4 Å². The zero-order chi connectivity index (χ0) is 13.9. The van der Waals surface area contributed by atoms with E-state index >= 15 is 0 Å². The van der Waals surface area contributed by atoms with Crippen LogP contribution in [-0.4, -0.2) is 31.8 Å². The number of amides is 1. The summed E-state index contributed by atoms with van der Waals surface area (Å²) in [6, 6.07) is 5.51. The van der Waals surface area contributed by atoms with Crippen molar-refractivity contribution in [1.29, 1.82) is 0 Å². The van der Waals surface area contributed by atoms with Crippen molar-refractivity contribution >= 4 is 5.91 Å². The molecule has 1 aromatic carbocycles. The molecule has 5 nitrogen and oxygen atoms in total. The van der Waals surface area contributed by atoms with Gasteiger partial charge in [-0.3, -0.25) is 4.79 Å². The summed E-state index contributed by atoms with van der Waals surface area (Å²) in [6.45, 7) is 0.339. The van der Waals surface area contributed by atoms with E-state index in [4.69, 9.17) is 9.47 Å². The highest BCUT2D eigenvalue weighted by molar-refractivity contribution is 5.85. The normalized spacial score (nSPS) is 15.7. The lowest BCUT2D eigenvalue weighted by atomic mass is 10.1. The Balaban J connectivity index is 1.98. The number of ether oxygens (including phenoxy) is 2. The zero-order valence-electron chi connectivity index (χ0n) is 11.2. The van der Waals surface area contributed by atoms with Crippen LogP contribution in [-0.2, 0) is 11.3 Å². The van der Waals surface area contributed by atoms with E-state index in [1.807, 2.05) is 12.1 Å². The lowest BCUT2D eigenvalue weighted by molar-refractivity contribution is -0.127. The first-order valence-corrected chi connectivity index (χ1v) is 6.25. The van der Waals surface area contributed by atoms with Crippen molar-refractivity contribution in [2.75, 3.05) is 20.8 Å². The van der Waals surface area contributed by atoms with Gasteiger partial charge in [-0.05, 0) is 30.5 Å². The number of carbonyl (C=O) groups is 1. The van der Waals surface area contributed by atoms with Crippen LogP contribution in [0.4, 0.5) is 0 Å². The van der Waals surface area contributed by atoms with Gasteiger partial charge in [-0.1, -0.05) is 6.07 Å². The van der Waals surface area contributed by atoms with Gasteiger partial charge in [0.25, 0.3) is 0 Å². The van der Waals surface area contributed by atoms with Gasteiger partial charge < -0.3 is 19.9 Å². The second-order valence-corrected chi connectivity index (χ2v) is 4.81. The molecule has 0 atom stereocenters. The maximum atomic E-state index is 11.9. The highest BCUT2D eigenvalue weighted by Crippen LogP contribution is 2.45. The lowest BCUT2D eigenvalue weighted by Crippen LogP contribution is -2.33. The largest absolute Gasteiger partial charge is 0.493 e. The highest BCUT2D eigenvalue weighted by Gasteiger charge is 2.49. The minimum Gasteiger partial charge on any atom is -0.493 e. The number of rotatable bonds is 6. The van der Waals surface area contributed by atoms with Crippen molar-refractivity contribution in [2.24, 2.45) is 5.41 Å². The average Bonchev–Trinajstić information content (AvgIpc) is 3.25. The predicted molar refractivity (Wildman–Crippen MR) is 70.1 cm³/mol. The molecule has 0 radical (unpaired) electrons. The van der Waals surface area contributed by atoms with Gasteiger partial charge in [-0.25, -0.2) is 0 Å². The number of methoxy groups -OCH3 is 2. The zero-order valence-corrected chi connectivity index (χ0v) is 11.2.